The monoisotopic (exact) mass is 389 g/mol. The second-order valence-corrected chi connectivity index (χ2v) is 7.19. The maximum Gasteiger partial charge on any atom is 0.338 e. The molecule has 7 nitrogen and oxygen atoms in total. The number of carbonyl (C=O) groups excluding carboxylic acids is 1. The molecule has 29 heavy (non-hydrogen) atoms. The molecule has 0 bridgehead atoms. The summed E-state index contributed by atoms with van der Waals surface area (Å²) in [5.41, 5.74) is 10.9. The third kappa shape index (κ3) is 4.68. The van der Waals surface area contributed by atoms with Crippen molar-refractivity contribution in [2.24, 2.45) is 0 Å². The van der Waals surface area contributed by atoms with Crippen molar-refractivity contribution in [1.82, 2.24) is 15.0 Å². The van der Waals surface area contributed by atoms with Crippen LogP contribution in [0.15, 0.2) is 42.5 Å². The number of esters is 1. The van der Waals surface area contributed by atoms with Gasteiger partial charge in [0.1, 0.15) is 0 Å². The molecule has 0 saturated heterocycles. The maximum atomic E-state index is 12.5. The fourth-order valence-corrected chi connectivity index (χ4v) is 3.40. The summed E-state index contributed by atoms with van der Waals surface area (Å²) >= 11 is 0. The molecule has 0 unspecified atom stereocenters. The van der Waals surface area contributed by atoms with Gasteiger partial charge in [0.25, 0.3) is 0 Å². The van der Waals surface area contributed by atoms with Crippen molar-refractivity contribution in [2.75, 3.05) is 11.1 Å². The molecule has 1 aromatic heterocycles. The van der Waals surface area contributed by atoms with E-state index in [1.807, 2.05) is 49.4 Å². The average Bonchev–Trinajstić information content (AvgIpc) is 2.73. The lowest BCUT2D eigenvalue weighted by molar-refractivity contribution is 0.0462. The summed E-state index contributed by atoms with van der Waals surface area (Å²) in [6.07, 6.45) is 4.45. The van der Waals surface area contributed by atoms with Crippen LogP contribution in [0.25, 0.3) is 0 Å². The predicted molar refractivity (Wildman–Crippen MR) is 111 cm³/mol. The summed E-state index contributed by atoms with van der Waals surface area (Å²) in [4.78, 5) is 24.9. The number of fused-ring (bicyclic) bond motifs is 1. The van der Waals surface area contributed by atoms with Gasteiger partial charge in [-0.25, -0.2) is 4.79 Å². The number of rotatable bonds is 5. The Labute approximate surface area is 169 Å². The molecule has 0 spiro atoms. The number of nitrogen functional groups attached to an aromatic ring is 1. The molecule has 4 rings (SSSR count). The Balaban J connectivity index is 1.43. The number of nitrogens with two attached hydrogens (primary N) is 1. The number of hydrogen-bond acceptors (Lipinski definition) is 7. The van der Waals surface area contributed by atoms with E-state index in [4.69, 9.17) is 10.5 Å². The van der Waals surface area contributed by atoms with E-state index in [2.05, 4.69) is 20.3 Å². The Morgan fingerprint density at radius 2 is 1.79 bits per heavy atom. The molecule has 2 aromatic carbocycles. The summed E-state index contributed by atoms with van der Waals surface area (Å²) in [6.45, 7) is 1.94. The number of aromatic nitrogens is 3. The molecule has 0 aliphatic heterocycles. The number of benzene rings is 2. The van der Waals surface area contributed by atoms with E-state index >= 15 is 0 Å². The van der Waals surface area contributed by atoms with Crippen molar-refractivity contribution in [3.63, 3.8) is 0 Å². The fraction of sp³-hybridized carbons (Fsp3) is 0.273. The normalized spacial score (nSPS) is 12.9. The van der Waals surface area contributed by atoms with Crippen LogP contribution in [0.2, 0.25) is 0 Å². The van der Waals surface area contributed by atoms with E-state index < -0.39 is 5.97 Å². The maximum absolute atomic E-state index is 12.5. The standard InChI is InChI=1S/C22H23N5O2/c1-14-6-10-18(11-7-14)24-22-26-19(25-21(23)27-22)13-29-20(28)17-9-8-15-4-2-3-5-16(15)12-17/h6-12H,2-5,13H2,1H3,(H3,23,24,25,26,27). The smallest absolute Gasteiger partial charge is 0.338 e. The highest BCUT2D eigenvalue weighted by molar-refractivity contribution is 5.89. The first-order valence-electron chi connectivity index (χ1n) is 9.70. The van der Waals surface area contributed by atoms with Gasteiger partial charge >= 0.3 is 5.97 Å². The third-order valence-electron chi connectivity index (χ3n) is 4.92. The average molecular weight is 389 g/mol. The van der Waals surface area contributed by atoms with Gasteiger partial charge in [-0.1, -0.05) is 23.8 Å². The molecule has 0 amide bonds. The summed E-state index contributed by atoms with van der Waals surface area (Å²) in [5.74, 6) is 0.263. The molecular weight excluding hydrogens is 366 g/mol. The van der Waals surface area contributed by atoms with Gasteiger partial charge in [0.2, 0.25) is 11.9 Å². The minimum absolute atomic E-state index is 0.0643. The Morgan fingerprint density at radius 3 is 2.59 bits per heavy atom. The van der Waals surface area contributed by atoms with Gasteiger partial charge in [0, 0.05) is 5.69 Å². The molecule has 0 atom stereocenters. The van der Waals surface area contributed by atoms with Crippen LogP contribution in [-0.2, 0) is 24.2 Å². The van der Waals surface area contributed by atoms with E-state index in [0.29, 0.717) is 17.3 Å². The van der Waals surface area contributed by atoms with Crippen LogP contribution in [0.5, 0.6) is 0 Å². The van der Waals surface area contributed by atoms with Crippen molar-refractivity contribution < 1.29 is 9.53 Å². The quantitative estimate of drug-likeness (QED) is 0.641. The summed E-state index contributed by atoms with van der Waals surface area (Å²) < 4.78 is 5.41. The summed E-state index contributed by atoms with van der Waals surface area (Å²) in [5, 5.41) is 3.08. The van der Waals surface area contributed by atoms with Gasteiger partial charge in [0.05, 0.1) is 5.56 Å². The van der Waals surface area contributed by atoms with Gasteiger partial charge in [-0.3, -0.25) is 0 Å². The summed E-state index contributed by atoms with van der Waals surface area (Å²) in [6, 6.07) is 13.6. The zero-order chi connectivity index (χ0) is 20.2. The van der Waals surface area contributed by atoms with Crippen molar-refractivity contribution in [3.8, 4) is 0 Å². The van der Waals surface area contributed by atoms with Crippen molar-refractivity contribution in [3.05, 3.63) is 70.5 Å². The molecule has 148 valence electrons. The van der Waals surface area contributed by atoms with Crippen molar-refractivity contribution in [2.45, 2.75) is 39.2 Å². The van der Waals surface area contributed by atoms with E-state index in [0.717, 1.165) is 30.5 Å². The van der Waals surface area contributed by atoms with Crippen molar-refractivity contribution >= 4 is 23.6 Å². The molecular formula is C22H23N5O2. The highest BCUT2D eigenvalue weighted by Gasteiger charge is 2.15. The number of ether oxygens (including phenoxy) is 1. The molecule has 1 heterocycles. The highest BCUT2D eigenvalue weighted by Crippen LogP contribution is 2.22. The molecule has 7 heteroatoms. The van der Waals surface area contributed by atoms with Gasteiger partial charge in [0.15, 0.2) is 12.4 Å². The first-order chi connectivity index (χ1) is 14.1. The van der Waals surface area contributed by atoms with Crippen molar-refractivity contribution in [1.29, 1.82) is 0 Å². The number of aryl methyl sites for hydroxylation is 3. The number of anilines is 3. The predicted octanol–water partition coefficient (Wildman–Crippen LogP) is 3.74. The molecule has 0 radical (unpaired) electrons. The topological polar surface area (TPSA) is 103 Å². The first-order valence-corrected chi connectivity index (χ1v) is 9.70. The van der Waals surface area contributed by atoms with Crippen LogP contribution >= 0.6 is 0 Å². The second-order valence-electron chi connectivity index (χ2n) is 7.19. The third-order valence-corrected chi connectivity index (χ3v) is 4.92. The molecule has 3 N–H and O–H groups in total. The van der Waals surface area contributed by atoms with E-state index in [1.54, 1.807) is 0 Å². The van der Waals surface area contributed by atoms with Crippen LogP contribution in [0.3, 0.4) is 0 Å². The van der Waals surface area contributed by atoms with Crippen LogP contribution in [0.1, 0.15) is 45.7 Å². The van der Waals surface area contributed by atoms with Crippen LogP contribution < -0.4 is 11.1 Å². The van der Waals surface area contributed by atoms with Gasteiger partial charge < -0.3 is 15.8 Å². The van der Waals surface area contributed by atoms with Crippen LogP contribution in [-0.4, -0.2) is 20.9 Å². The Bertz CT molecular complexity index is 1030. The van der Waals surface area contributed by atoms with E-state index in [-0.39, 0.29) is 12.6 Å². The SMILES string of the molecule is Cc1ccc(Nc2nc(N)nc(COC(=O)c3ccc4c(c3)CCCC4)n2)cc1. The van der Waals surface area contributed by atoms with Gasteiger partial charge in [-0.05, 0) is 68.0 Å². The minimum atomic E-state index is -0.398. The van der Waals surface area contributed by atoms with E-state index in [9.17, 15) is 4.79 Å². The Kier molecular flexibility index (Phi) is 5.37. The fourth-order valence-electron chi connectivity index (χ4n) is 3.40. The number of hydrogen-bond donors (Lipinski definition) is 2. The molecule has 3 aromatic rings. The van der Waals surface area contributed by atoms with Crippen LogP contribution in [0.4, 0.5) is 17.6 Å². The number of nitrogens with zero attached hydrogens (tertiary/aromatic N) is 3. The minimum Gasteiger partial charge on any atom is -0.454 e. The number of nitrogens with one attached hydrogen (secondary N) is 1. The Hall–Kier alpha value is -3.48. The lowest BCUT2D eigenvalue weighted by atomic mass is 9.90. The number of carbonyl (C=O) groups is 1. The lowest BCUT2D eigenvalue weighted by Crippen LogP contribution is -2.12. The van der Waals surface area contributed by atoms with E-state index in [1.165, 1.54) is 17.5 Å². The summed E-state index contributed by atoms with van der Waals surface area (Å²) in [7, 11) is 0. The zero-order valence-corrected chi connectivity index (χ0v) is 16.3. The largest absolute Gasteiger partial charge is 0.454 e. The van der Waals surface area contributed by atoms with Gasteiger partial charge in [-0.15, -0.1) is 0 Å². The highest BCUT2D eigenvalue weighted by atomic mass is 16.5. The molecule has 1 aliphatic rings. The molecule has 1 aliphatic carbocycles. The lowest BCUT2D eigenvalue weighted by Gasteiger charge is -2.16. The van der Waals surface area contributed by atoms with Crippen LogP contribution in [0, 0.1) is 6.92 Å². The second kappa shape index (κ2) is 8.26. The molecule has 0 saturated carbocycles. The zero-order valence-electron chi connectivity index (χ0n) is 16.3. The molecule has 0 fully saturated rings. The first kappa shape index (κ1) is 18.9. The Morgan fingerprint density at radius 1 is 1.03 bits per heavy atom. The van der Waals surface area contributed by atoms with Gasteiger partial charge in [-0.2, -0.15) is 15.0 Å².